The zero-order chi connectivity index (χ0) is 18.2. The van der Waals surface area contributed by atoms with Crippen LogP contribution in [0.4, 0.5) is 11.4 Å². The molecule has 3 aromatic rings. The van der Waals surface area contributed by atoms with E-state index >= 15 is 0 Å². The molecule has 132 valence electrons. The Morgan fingerprint density at radius 2 is 1.65 bits per heavy atom. The third-order valence-electron chi connectivity index (χ3n) is 3.66. The summed E-state index contributed by atoms with van der Waals surface area (Å²) in [6, 6.07) is 25.0. The summed E-state index contributed by atoms with van der Waals surface area (Å²) in [5, 5.41) is 5.95. The molecule has 0 aromatic heterocycles. The molecule has 0 bridgehead atoms. The second-order valence-corrected chi connectivity index (χ2v) is 6.63. The van der Waals surface area contributed by atoms with Crippen molar-refractivity contribution >= 4 is 33.2 Å². The van der Waals surface area contributed by atoms with Gasteiger partial charge in [0.25, 0.3) is 0 Å². The fraction of sp³-hybridized carbons (Fsp3) is 0.0952. The zero-order valence-electron chi connectivity index (χ0n) is 14.1. The van der Waals surface area contributed by atoms with Crippen molar-refractivity contribution in [2.45, 2.75) is 6.61 Å². The maximum Gasteiger partial charge on any atom is 0.243 e. The highest BCUT2D eigenvalue weighted by Gasteiger charge is 2.03. The van der Waals surface area contributed by atoms with Crippen molar-refractivity contribution in [1.29, 1.82) is 0 Å². The van der Waals surface area contributed by atoms with Gasteiger partial charge in [0.15, 0.2) is 0 Å². The van der Waals surface area contributed by atoms with E-state index in [-0.39, 0.29) is 12.5 Å². The van der Waals surface area contributed by atoms with Crippen molar-refractivity contribution in [3.63, 3.8) is 0 Å². The van der Waals surface area contributed by atoms with E-state index in [9.17, 15) is 4.79 Å². The van der Waals surface area contributed by atoms with Crippen molar-refractivity contribution < 1.29 is 9.53 Å². The predicted molar refractivity (Wildman–Crippen MR) is 108 cm³/mol. The Kier molecular flexibility index (Phi) is 6.28. The Labute approximate surface area is 161 Å². The van der Waals surface area contributed by atoms with Gasteiger partial charge in [0, 0.05) is 15.8 Å². The number of carbonyl (C=O) groups excluding carboxylic acids is 1. The van der Waals surface area contributed by atoms with Crippen molar-refractivity contribution in [3.05, 3.63) is 88.9 Å². The van der Waals surface area contributed by atoms with Crippen molar-refractivity contribution in [2.75, 3.05) is 17.2 Å². The molecule has 2 N–H and O–H groups in total. The summed E-state index contributed by atoms with van der Waals surface area (Å²) >= 11 is 3.40. The van der Waals surface area contributed by atoms with Gasteiger partial charge in [-0.25, -0.2) is 0 Å². The van der Waals surface area contributed by atoms with E-state index in [0.717, 1.165) is 27.2 Å². The van der Waals surface area contributed by atoms with Gasteiger partial charge >= 0.3 is 0 Å². The minimum absolute atomic E-state index is 0.108. The first kappa shape index (κ1) is 18.0. The quantitative estimate of drug-likeness (QED) is 0.570. The van der Waals surface area contributed by atoms with Crippen LogP contribution in [-0.4, -0.2) is 12.5 Å². The molecule has 0 saturated carbocycles. The van der Waals surface area contributed by atoms with Crippen LogP contribution >= 0.6 is 15.9 Å². The average Bonchev–Trinajstić information content (AvgIpc) is 2.67. The number of benzene rings is 3. The second-order valence-electron chi connectivity index (χ2n) is 5.71. The molecule has 4 nitrogen and oxygen atoms in total. The highest BCUT2D eigenvalue weighted by atomic mass is 79.9. The summed E-state index contributed by atoms with van der Waals surface area (Å²) in [5.74, 6) is 0.655. The highest BCUT2D eigenvalue weighted by molar-refractivity contribution is 9.10. The lowest BCUT2D eigenvalue weighted by molar-refractivity contribution is -0.114. The molecule has 0 spiro atoms. The summed E-state index contributed by atoms with van der Waals surface area (Å²) in [4.78, 5) is 12.0. The molecule has 0 atom stereocenters. The minimum atomic E-state index is -0.108. The minimum Gasteiger partial charge on any atom is -0.489 e. The number of nitrogens with one attached hydrogen (secondary N) is 2. The lowest BCUT2D eigenvalue weighted by Gasteiger charge is -2.10. The summed E-state index contributed by atoms with van der Waals surface area (Å²) in [7, 11) is 0. The van der Waals surface area contributed by atoms with Crippen LogP contribution in [0.1, 0.15) is 5.56 Å². The van der Waals surface area contributed by atoms with Gasteiger partial charge in [-0.2, -0.15) is 0 Å². The molecule has 0 radical (unpaired) electrons. The summed E-state index contributed by atoms with van der Waals surface area (Å²) in [6.45, 7) is 0.714. The van der Waals surface area contributed by atoms with Crippen LogP contribution < -0.4 is 15.4 Å². The summed E-state index contributed by atoms with van der Waals surface area (Å²) < 4.78 is 6.71. The second kappa shape index (κ2) is 9.06. The molecule has 0 aliphatic heterocycles. The number of amides is 1. The van der Waals surface area contributed by atoms with E-state index in [2.05, 4.69) is 26.6 Å². The first-order valence-corrected chi connectivity index (χ1v) is 9.04. The van der Waals surface area contributed by atoms with Crippen LogP contribution in [0, 0.1) is 0 Å². The SMILES string of the molecule is O=C(CNc1cccc(Br)c1)Nc1ccc(OCc2ccccc2)cc1. The standard InChI is InChI=1S/C21H19BrN2O2/c22-17-7-4-8-19(13-17)23-14-21(25)24-18-9-11-20(12-10-18)26-15-16-5-2-1-3-6-16/h1-13,23H,14-15H2,(H,24,25). The van der Waals surface area contributed by atoms with Crippen molar-refractivity contribution in [2.24, 2.45) is 0 Å². The van der Waals surface area contributed by atoms with E-state index in [1.807, 2.05) is 78.9 Å². The first-order valence-electron chi connectivity index (χ1n) is 8.25. The van der Waals surface area contributed by atoms with E-state index in [1.165, 1.54) is 0 Å². The fourth-order valence-electron chi connectivity index (χ4n) is 2.36. The molecule has 5 heteroatoms. The van der Waals surface area contributed by atoms with E-state index in [4.69, 9.17) is 4.74 Å². The van der Waals surface area contributed by atoms with Crippen LogP contribution in [0.5, 0.6) is 5.75 Å². The molecule has 3 aromatic carbocycles. The van der Waals surface area contributed by atoms with Crippen LogP contribution in [0.2, 0.25) is 0 Å². The normalized spacial score (nSPS) is 10.2. The molecule has 0 fully saturated rings. The smallest absolute Gasteiger partial charge is 0.243 e. The van der Waals surface area contributed by atoms with Crippen molar-refractivity contribution in [1.82, 2.24) is 0 Å². The third-order valence-corrected chi connectivity index (χ3v) is 4.16. The summed E-state index contributed by atoms with van der Waals surface area (Å²) in [5.41, 5.74) is 2.74. The molecule has 1 amide bonds. The number of carbonyl (C=O) groups is 1. The largest absolute Gasteiger partial charge is 0.489 e. The average molecular weight is 411 g/mol. The number of hydrogen-bond acceptors (Lipinski definition) is 3. The van der Waals surface area contributed by atoms with Gasteiger partial charge in [0.1, 0.15) is 12.4 Å². The van der Waals surface area contributed by atoms with Gasteiger partial charge in [0.05, 0.1) is 6.54 Å². The van der Waals surface area contributed by atoms with E-state index in [0.29, 0.717) is 6.61 Å². The lowest BCUT2D eigenvalue weighted by atomic mass is 10.2. The molecule has 0 aliphatic rings. The number of rotatable bonds is 7. The molecule has 3 rings (SSSR count). The van der Waals surface area contributed by atoms with E-state index < -0.39 is 0 Å². The Hall–Kier alpha value is -2.79. The molecule has 0 unspecified atom stereocenters. The third kappa shape index (κ3) is 5.63. The van der Waals surface area contributed by atoms with Crippen LogP contribution in [0.3, 0.4) is 0 Å². The first-order chi connectivity index (χ1) is 12.7. The molecule has 26 heavy (non-hydrogen) atoms. The van der Waals surface area contributed by atoms with Crippen LogP contribution in [0.25, 0.3) is 0 Å². The Morgan fingerprint density at radius 1 is 0.885 bits per heavy atom. The summed E-state index contributed by atoms with van der Waals surface area (Å²) in [6.07, 6.45) is 0. The maximum absolute atomic E-state index is 12.0. The highest BCUT2D eigenvalue weighted by Crippen LogP contribution is 2.18. The zero-order valence-corrected chi connectivity index (χ0v) is 15.7. The maximum atomic E-state index is 12.0. The van der Waals surface area contributed by atoms with E-state index in [1.54, 1.807) is 0 Å². The Morgan fingerprint density at radius 3 is 2.38 bits per heavy atom. The number of ether oxygens (including phenoxy) is 1. The molecular weight excluding hydrogens is 392 g/mol. The van der Waals surface area contributed by atoms with Crippen LogP contribution in [0.15, 0.2) is 83.3 Å². The number of hydrogen-bond donors (Lipinski definition) is 2. The van der Waals surface area contributed by atoms with Gasteiger partial charge in [-0.15, -0.1) is 0 Å². The van der Waals surface area contributed by atoms with Crippen molar-refractivity contribution in [3.8, 4) is 5.75 Å². The molecular formula is C21H19BrN2O2. The predicted octanol–water partition coefficient (Wildman–Crippen LogP) is 5.08. The number of anilines is 2. The number of halogens is 1. The monoisotopic (exact) mass is 410 g/mol. The van der Waals surface area contributed by atoms with Gasteiger partial charge in [-0.1, -0.05) is 52.3 Å². The molecule has 0 aliphatic carbocycles. The Bertz CT molecular complexity index is 851. The lowest BCUT2D eigenvalue weighted by Crippen LogP contribution is -2.21. The fourth-order valence-corrected chi connectivity index (χ4v) is 2.76. The van der Waals surface area contributed by atoms with Gasteiger partial charge in [-0.3, -0.25) is 4.79 Å². The van der Waals surface area contributed by atoms with Crippen LogP contribution in [-0.2, 0) is 11.4 Å². The van der Waals surface area contributed by atoms with Gasteiger partial charge < -0.3 is 15.4 Å². The molecule has 0 saturated heterocycles. The molecule has 0 heterocycles. The van der Waals surface area contributed by atoms with Gasteiger partial charge in [-0.05, 0) is 48.0 Å². The van der Waals surface area contributed by atoms with Gasteiger partial charge in [0.2, 0.25) is 5.91 Å². The topological polar surface area (TPSA) is 50.4 Å². The Balaban J connectivity index is 1.46.